The Hall–Kier alpha value is -3.22. The zero-order chi connectivity index (χ0) is 21.5. The molecule has 1 saturated heterocycles. The number of nitrogens with zero attached hydrogens (tertiary/aromatic N) is 6. The topological polar surface area (TPSA) is 93.8 Å². The van der Waals surface area contributed by atoms with Crippen LogP contribution in [0.3, 0.4) is 0 Å². The first-order chi connectivity index (χ1) is 15.1. The standard InChI is InChI=1S/C22H20BrN7O/c1-28-17-5-6-18(23)27-20(17)21(15(11-24)22(28)31)30-9-7-29(8-10-30)12-14-3-2-4-16-19(14)26-13-25-16/h2-6,13H,7-10,12H2,1H3,(H,25,26). The molecule has 1 aromatic carbocycles. The number of halogens is 1. The molecule has 31 heavy (non-hydrogen) atoms. The third-order valence-corrected chi connectivity index (χ3v) is 6.35. The molecule has 4 aromatic rings. The number of aromatic nitrogens is 4. The van der Waals surface area contributed by atoms with E-state index in [2.05, 4.69) is 52.8 Å². The van der Waals surface area contributed by atoms with Gasteiger partial charge in [-0.15, -0.1) is 0 Å². The Morgan fingerprint density at radius 2 is 1.97 bits per heavy atom. The fourth-order valence-electron chi connectivity index (χ4n) is 4.30. The molecule has 0 saturated carbocycles. The summed E-state index contributed by atoms with van der Waals surface area (Å²) in [6.45, 7) is 3.86. The molecule has 0 unspecified atom stereocenters. The lowest BCUT2D eigenvalue weighted by Crippen LogP contribution is -2.47. The molecule has 8 nitrogen and oxygen atoms in total. The molecule has 1 N–H and O–H groups in total. The number of H-pyrrole nitrogens is 1. The van der Waals surface area contributed by atoms with Crippen molar-refractivity contribution in [2.24, 2.45) is 7.05 Å². The number of fused-ring (bicyclic) bond motifs is 2. The molecule has 9 heteroatoms. The van der Waals surface area contributed by atoms with Gasteiger partial charge < -0.3 is 14.5 Å². The number of aromatic amines is 1. The van der Waals surface area contributed by atoms with E-state index in [1.54, 1.807) is 13.4 Å². The first-order valence-corrected chi connectivity index (χ1v) is 10.8. The number of anilines is 1. The quantitative estimate of drug-likeness (QED) is 0.456. The molecule has 156 valence electrons. The van der Waals surface area contributed by atoms with Gasteiger partial charge in [0.2, 0.25) is 0 Å². The SMILES string of the molecule is Cn1c(=O)c(C#N)c(N2CCN(Cc3cccc4[nH]cnc34)CC2)c2nc(Br)ccc21. The van der Waals surface area contributed by atoms with Gasteiger partial charge in [0.15, 0.2) is 0 Å². The largest absolute Gasteiger partial charge is 0.366 e. The second kappa shape index (κ2) is 7.80. The summed E-state index contributed by atoms with van der Waals surface area (Å²) in [5.74, 6) is 0. The number of hydrogen-bond acceptors (Lipinski definition) is 6. The van der Waals surface area contributed by atoms with Gasteiger partial charge in [0.05, 0.1) is 28.6 Å². The second-order valence-electron chi connectivity index (χ2n) is 7.68. The van der Waals surface area contributed by atoms with E-state index in [-0.39, 0.29) is 11.1 Å². The number of piperazine rings is 1. The molecule has 0 amide bonds. The van der Waals surface area contributed by atoms with Crippen LogP contribution in [0.25, 0.3) is 22.1 Å². The van der Waals surface area contributed by atoms with Crippen LogP contribution < -0.4 is 10.5 Å². The van der Waals surface area contributed by atoms with Crippen LogP contribution in [0.5, 0.6) is 0 Å². The van der Waals surface area contributed by atoms with Gasteiger partial charge >= 0.3 is 0 Å². The lowest BCUT2D eigenvalue weighted by molar-refractivity contribution is 0.250. The minimum atomic E-state index is -0.290. The second-order valence-corrected chi connectivity index (χ2v) is 8.49. The highest BCUT2D eigenvalue weighted by Crippen LogP contribution is 2.29. The monoisotopic (exact) mass is 477 g/mol. The Morgan fingerprint density at radius 1 is 1.16 bits per heavy atom. The van der Waals surface area contributed by atoms with E-state index < -0.39 is 0 Å². The summed E-state index contributed by atoms with van der Waals surface area (Å²) in [5.41, 5.74) is 5.11. The maximum Gasteiger partial charge on any atom is 0.270 e. The van der Waals surface area contributed by atoms with Crippen molar-refractivity contribution in [1.29, 1.82) is 5.26 Å². The summed E-state index contributed by atoms with van der Waals surface area (Å²) in [4.78, 5) is 29.5. The fourth-order valence-corrected chi connectivity index (χ4v) is 4.61. The number of pyridine rings is 2. The summed E-state index contributed by atoms with van der Waals surface area (Å²) in [5, 5.41) is 9.76. The Labute approximate surface area is 186 Å². The smallest absolute Gasteiger partial charge is 0.270 e. The maximum absolute atomic E-state index is 12.8. The van der Waals surface area contributed by atoms with Crippen molar-refractivity contribution in [2.75, 3.05) is 31.1 Å². The molecule has 5 rings (SSSR count). The van der Waals surface area contributed by atoms with Gasteiger partial charge in [-0.25, -0.2) is 9.97 Å². The number of hydrogen-bond donors (Lipinski definition) is 1. The number of imidazole rings is 1. The molecule has 0 spiro atoms. The zero-order valence-corrected chi connectivity index (χ0v) is 18.6. The molecule has 4 heterocycles. The van der Waals surface area contributed by atoms with E-state index in [0.717, 1.165) is 36.2 Å². The molecule has 1 aliphatic heterocycles. The summed E-state index contributed by atoms with van der Waals surface area (Å²) in [7, 11) is 1.68. The lowest BCUT2D eigenvalue weighted by atomic mass is 10.1. The average Bonchev–Trinajstić information content (AvgIpc) is 3.27. The number of nitriles is 1. The Kier molecular flexibility index (Phi) is 4.96. The summed E-state index contributed by atoms with van der Waals surface area (Å²) >= 11 is 3.43. The van der Waals surface area contributed by atoms with Gasteiger partial charge in [0, 0.05) is 39.8 Å². The zero-order valence-electron chi connectivity index (χ0n) is 17.0. The van der Waals surface area contributed by atoms with E-state index in [4.69, 9.17) is 0 Å². The maximum atomic E-state index is 12.8. The molecule has 0 atom stereocenters. The van der Waals surface area contributed by atoms with Gasteiger partial charge in [-0.05, 0) is 39.7 Å². The number of rotatable bonds is 3. The Bertz CT molecular complexity index is 1390. The van der Waals surface area contributed by atoms with E-state index in [9.17, 15) is 10.1 Å². The van der Waals surface area contributed by atoms with Crippen molar-refractivity contribution in [3.63, 3.8) is 0 Å². The van der Waals surface area contributed by atoms with Crippen LogP contribution in [0, 0.1) is 11.3 Å². The van der Waals surface area contributed by atoms with Crippen molar-refractivity contribution < 1.29 is 0 Å². The molecular weight excluding hydrogens is 458 g/mol. The Morgan fingerprint density at radius 3 is 2.74 bits per heavy atom. The van der Waals surface area contributed by atoms with Gasteiger partial charge in [0.25, 0.3) is 5.56 Å². The van der Waals surface area contributed by atoms with Gasteiger partial charge in [-0.1, -0.05) is 12.1 Å². The van der Waals surface area contributed by atoms with Gasteiger partial charge in [0.1, 0.15) is 21.8 Å². The number of benzene rings is 1. The van der Waals surface area contributed by atoms with Crippen LogP contribution in [0.2, 0.25) is 0 Å². The van der Waals surface area contributed by atoms with Gasteiger partial charge in [-0.2, -0.15) is 5.26 Å². The highest BCUT2D eigenvalue weighted by Gasteiger charge is 2.25. The predicted molar refractivity (Wildman–Crippen MR) is 123 cm³/mol. The molecule has 0 aliphatic carbocycles. The normalized spacial score (nSPS) is 14.9. The van der Waals surface area contributed by atoms with Crippen molar-refractivity contribution in [3.8, 4) is 6.07 Å². The molecule has 0 radical (unpaired) electrons. The summed E-state index contributed by atoms with van der Waals surface area (Å²) in [6, 6.07) is 12.0. The van der Waals surface area contributed by atoms with E-state index >= 15 is 0 Å². The molecule has 0 bridgehead atoms. The first-order valence-electron chi connectivity index (χ1n) is 10.0. The van der Waals surface area contributed by atoms with Crippen LogP contribution in [0.15, 0.2) is 46.1 Å². The van der Waals surface area contributed by atoms with Crippen molar-refractivity contribution in [3.05, 3.63) is 62.7 Å². The molecule has 1 aliphatic rings. The van der Waals surface area contributed by atoms with Crippen LogP contribution in [-0.4, -0.2) is 50.6 Å². The van der Waals surface area contributed by atoms with E-state index in [1.807, 2.05) is 24.3 Å². The van der Waals surface area contributed by atoms with E-state index in [1.165, 1.54) is 10.1 Å². The fraction of sp³-hybridized carbons (Fsp3) is 0.273. The minimum absolute atomic E-state index is 0.148. The third-order valence-electron chi connectivity index (χ3n) is 5.91. The number of aryl methyl sites for hydroxylation is 1. The van der Waals surface area contributed by atoms with Gasteiger partial charge in [-0.3, -0.25) is 9.69 Å². The summed E-state index contributed by atoms with van der Waals surface area (Å²) in [6.07, 6.45) is 1.72. The molecular formula is C22H20BrN7O. The Balaban J connectivity index is 1.45. The predicted octanol–water partition coefficient (Wildman–Crippen LogP) is 2.77. The van der Waals surface area contributed by atoms with Crippen LogP contribution >= 0.6 is 15.9 Å². The van der Waals surface area contributed by atoms with Crippen LogP contribution in [0.1, 0.15) is 11.1 Å². The van der Waals surface area contributed by atoms with Crippen molar-refractivity contribution in [2.45, 2.75) is 6.54 Å². The van der Waals surface area contributed by atoms with Crippen LogP contribution in [0.4, 0.5) is 5.69 Å². The number of nitrogens with one attached hydrogen (secondary N) is 1. The molecule has 1 fully saturated rings. The van der Waals surface area contributed by atoms with Crippen LogP contribution in [-0.2, 0) is 13.6 Å². The highest BCUT2D eigenvalue weighted by molar-refractivity contribution is 9.10. The number of para-hydroxylation sites is 1. The minimum Gasteiger partial charge on any atom is -0.366 e. The lowest BCUT2D eigenvalue weighted by Gasteiger charge is -2.36. The van der Waals surface area contributed by atoms with E-state index in [0.29, 0.717) is 28.9 Å². The van der Waals surface area contributed by atoms with Crippen molar-refractivity contribution in [1.82, 2.24) is 24.4 Å². The van der Waals surface area contributed by atoms with Crippen molar-refractivity contribution >= 4 is 43.7 Å². The summed E-state index contributed by atoms with van der Waals surface area (Å²) < 4.78 is 2.17. The third kappa shape index (κ3) is 3.38. The average molecular weight is 478 g/mol. The molecule has 3 aromatic heterocycles. The highest BCUT2D eigenvalue weighted by atomic mass is 79.9. The first kappa shape index (κ1) is 19.7.